The molecule has 0 spiro atoms. The lowest BCUT2D eigenvalue weighted by Gasteiger charge is -2.54. The number of aromatic nitrogens is 2. The van der Waals surface area contributed by atoms with Gasteiger partial charge < -0.3 is 15.3 Å². The Morgan fingerprint density at radius 2 is 2.19 bits per heavy atom. The molecule has 1 aromatic heterocycles. The van der Waals surface area contributed by atoms with E-state index in [0.29, 0.717) is 26.5 Å². The number of carbonyl (C=O) groups excluding carboxylic acids is 1. The molecule has 0 bridgehead atoms. The fourth-order valence-corrected chi connectivity index (χ4v) is 7.25. The molecule has 3 heterocycles. The van der Waals surface area contributed by atoms with Gasteiger partial charge in [-0.3, -0.25) is 19.5 Å². The van der Waals surface area contributed by atoms with E-state index in [1.807, 2.05) is 6.92 Å². The second-order valence-corrected chi connectivity index (χ2v) is 12.4. The first-order chi connectivity index (χ1) is 14.5. The summed E-state index contributed by atoms with van der Waals surface area (Å²) in [6.45, 7) is 2.13. The van der Waals surface area contributed by atoms with Crippen molar-refractivity contribution in [3.8, 4) is 0 Å². The molecule has 31 heavy (non-hydrogen) atoms. The van der Waals surface area contributed by atoms with Crippen LogP contribution in [0.4, 0.5) is 0 Å². The van der Waals surface area contributed by atoms with Gasteiger partial charge in [0.2, 0.25) is 5.91 Å². The summed E-state index contributed by atoms with van der Waals surface area (Å²) in [5.74, 6) is -1.16. The van der Waals surface area contributed by atoms with Gasteiger partial charge in [0.15, 0.2) is 4.34 Å². The molecule has 0 radical (unpaired) electrons. The van der Waals surface area contributed by atoms with Crippen LogP contribution in [0.5, 0.6) is 0 Å². The minimum atomic E-state index is -4.12. The van der Waals surface area contributed by atoms with Crippen molar-refractivity contribution in [1.29, 1.82) is 0 Å². The summed E-state index contributed by atoms with van der Waals surface area (Å²) in [7, 11) is -4.12. The summed E-state index contributed by atoms with van der Waals surface area (Å²) in [6, 6.07) is -0.405. The number of carboxylic acids is 1. The lowest BCUT2D eigenvalue weighted by Crippen LogP contribution is -2.73. The molecule has 11 nitrogen and oxygen atoms in total. The molecule has 2 unspecified atom stereocenters. The molecular weight excluding hydrogens is 507 g/mol. The molecule has 1 aromatic rings. The molecule has 16 heteroatoms. The standard InChI is InChI=1S/C15H21N5O6S5/c1-2-8(27)17-10-11(21)20-4-15(13(22)23,5-28-12(10)20)6-29-14-19-18-9(30-14)3-16-7-31(24,25)26/h10,12,16H,2-7H2,1H3,(H,17,27)(H,22,23)(H,24,25,26)/t10?,12-,15?/m1/s1. The van der Waals surface area contributed by atoms with Crippen molar-refractivity contribution < 1.29 is 27.7 Å². The Hall–Kier alpha value is -1.04. The van der Waals surface area contributed by atoms with Crippen molar-refractivity contribution in [2.45, 2.75) is 35.6 Å². The highest BCUT2D eigenvalue weighted by Gasteiger charge is 2.57. The van der Waals surface area contributed by atoms with Crippen LogP contribution in [0.25, 0.3) is 0 Å². The van der Waals surface area contributed by atoms with Crippen molar-refractivity contribution in [3.05, 3.63) is 5.01 Å². The second-order valence-electron chi connectivity index (χ2n) is 7.06. The number of fused-ring (bicyclic) bond motifs is 1. The molecule has 1 amide bonds. The van der Waals surface area contributed by atoms with Crippen LogP contribution < -0.4 is 10.6 Å². The molecule has 2 aliphatic heterocycles. The van der Waals surface area contributed by atoms with Crippen LogP contribution in [-0.2, 0) is 26.3 Å². The number of aliphatic carboxylic acids is 1. The van der Waals surface area contributed by atoms with Gasteiger partial charge >= 0.3 is 5.97 Å². The molecule has 4 N–H and O–H groups in total. The molecule has 172 valence electrons. The predicted molar refractivity (Wildman–Crippen MR) is 122 cm³/mol. The highest BCUT2D eigenvalue weighted by atomic mass is 32.2. The van der Waals surface area contributed by atoms with E-state index in [2.05, 4.69) is 20.8 Å². The van der Waals surface area contributed by atoms with Crippen molar-refractivity contribution >= 4 is 74.1 Å². The minimum Gasteiger partial charge on any atom is -0.481 e. The largest absolute Gasteiger partial charge is 0.481 e. The Kier molecular flexibility index (Phi) is 7.81. The molecule has 0 aromatic carbocycles. The fourth-order valence-electron chi connectivity index (χ4n) is 3.04. The molecule has 2 aliphatic rings. The van der Waals surface area contributed by atoms with Gasteiger partial charge in [-0.1, -0.05) is 42.2 Å². The van der Waals surface area contributed by atoms with E-state index >= 15 is 0 Å². The summed E-state index contributed by atoms with van der Waals surface area (Å²) in [5.41, 5.74) is -1.12. The number of carbonyl (C=O) groups is 2. The normalized spacial score (nSPS) is 25.6. The predicted octanol–water partition coefficient (Wildman–Crippen LogP) is 0.247. The lowest BCUT2D eigenvalue weighted by molar-refractivity contribution is -0.155. The number of rotatable bonds is 10. The van der Waals surface area contributed by atoms with Crippen molar-refractivity contribution in [1.82, 2.24) is 25.7 Å². The zero-order valence-corrected chi connectivity index (χ0v) is 20.4. The maximum absolute atomic E-state index is 12.5. The smallest absolute Gasteiger partial charge is 0.313 e. The van der Waals surface area contributed by atoms with Crippen LogP contribution in [0, 0.1) is 5.41 Å². The highest BCUT2D eigenvalue weighted by molar-refractivity contribution is 8.01. The van der Waals surface area contributed by atoms with Gasteiger partial charge in [-0.25, -0.2) is 0 Å². The van der Waals surface area contributed by atoms with Crippen molar-refractivity contribution in [3.63, 3.8) is 0 Å². The molecule has 0 aliphatic carbocycles. The number of nitrogens with one attached hydrogen (secondary N) is 2. The molecule has 2 saturated heterocycles. The van der Waals surface area contributed by atoms with E-state index in [4.69, 9.17) is 16.8 Å². The average molecular weight is 528 g/mol. The summed E-state index contributed by atoms with van der Waals surface area (Å²) in [4.78, 5) is 26.8. The third kappa shape index (κ3) is 5.85. The number of amides is 1. The van der Waals surface area contributed by atoms with Crippen LogP contribution in [-0.4, -0.2) is 85.4 Å². The zero-order chi connectivity index (χ0) is 22.8. The van der Waals surface area contributed by atoms with Gasteiger partial charge in [0.05, 0.1) is 11.5 Å². The third-order valence-electron chi connectivity index (χ3n) is 4.72. The Morgan fingerprint density at radius 1 is 1.45 bits per heavy atom. The molecular formula is C15H21N5O6S5. The van der Waals surface area contributed by atoms with Crippen LogP contribution in [0.3, 0.4) is 0 Å². The summed E-state index contributed by atoms with van der Waals surface area (Å²) >= 11 is 9.04. The van der Waals surface area contributed by atoms with Gasteiger partial charge in [-0.15, -0.1) is 22.0 Å². The van der Waals surface area contributed by atoms with Gasteiger partial charge in [-0.05, 0) is 6.42 Å². The van der Waals surface area contributed by atoms with E-state index < -0.39 is 33.4 Å². The first-order valence-electron chi connectivity index (χ1n) is 9.10. The Bertz CT molecular complexity index is 971. The molecule has 3 rings (SSSR count). The Labute approximate surface area is 196 Å². The van der Waals surface area contributed by atoms with E-state index in [1.54, 1.807) is 4.90 Å². The van der Waals surface area contributed by atoms with Crippen LogP contribution in [0.15, 0.2) is 4.34 Å². The van der Waals surface area contributed by atoms with Gasteiger partial charge in [0.25, 0.3) is 10.1 Å². The minimum absolute atomic E-state index is 0.107. The molecule has 3 atom stereocenters. The van der Waals surface area contributed by atoms with E-state index in [1.165, 1.54) is 34.9 Å². The number of thioether (sulfide) groups is 2. The third-order valence-corrected chi connectivity index (χ3v) is 9.63. The van der Waals surface area contributed by atoms with Crippen LogP contribution in [0.2, 0.25) is 0 Å². The number of nitrogens with zero attached hydrogens (tertiary/aromatic N) is 3. The van der Waals surface area contributed by atoms with Gasteiger partial charge in [0.1, 0.15) is 27.7 Å². The van der Waals surface area contributed by atoms with Crippen molar-refractivity contribution in [2.24, 2.45) is 5.41 Å². The molecule has 0 saturated carbocycles. The quantitative estimate of drug-likeness (QED) is 0.142. The Morgan fingerprint density at radius 3 is 2.84 bits per heavy atom. The SMILES string of the molecule is CCC(=S)NC1C(=O)N2CC(CSc3nnc(CNCS(=O)(=O)O)s3)(C(=O)O)CS[C@H]12. The topological polar surface area (TPSA) is 162 Å². The average Bonchev–Trinajstić information content (AvgIpc) is 3.16. The fraction of sp³-hybridized carbons (Fsp3) is 0.667. The van der Waals surface area contributed by atoms with E-state index in [9.17, 15) is 23.1 Å². The maximum Gasteiger partial charge on any atom is 0.313 e. The zero-order valence-electron chi connectivity index (χ0n) is 16.3. The summed E-state index contributed by atoms with van der Waals surface area (Å²) in [6.07, 6.45) is 0.640. The number of thiocarbonyl (C=S) groups is 1. The van der Waals surface area contributed by atoms with Gasteiger partial charge in [0, 0.05) is 18.1 Å². The Balaban J connectivity index is 1.57. The highest BCUT2D eigenvalue weighted by Crippen LogP contribution is 2.44. The summed E-state index contributed by atoms with van der Waals surface area (Å²) < 4.78 is 30.7. The van der Waals surface area contributed by atoms with Crippen LogP contribution >= 0.6 is 47.1 Å². The second kappa shape index (κ2) is 9.84. The van der Waals surface area contributed by atoms with E-state index in [-0.39, 0.29) is 30.1 Å². The van der Waals surface area contributed by atoms with E-state index in [0.717, 1.165) is 0 Å². The van der Waals surface area contributed by atoms with Gasteiger partial charge in [-0.2, -0.15) is 8.42 Å². The van der Waals surface area contributed by atoms with Crippen molar-refractivity contribution in [2.75, 3.05) is 23.9 Å². The maximum atomic E-state index is 12.5. The molecule has 2 fully saturated rings. The number of β-lactam (4-membered cyclic amide) rings is 1. The lowest BCUT2D eigenvalue weighted by atomic mass is 9.89. The monoisotopic (exact) mass is 527 g/mol. The number of hydrogen-bond acceptors (Lipinski definition) is 11. The van der Waals surface area contributed by atoms with Crippen LogP contribution in [0.1, 0.15) is 18.4 Å². The summed E-state index contributed by atoms with van der Waals surface area (Å²) in [5, 5.41) is 23.8. The number of carboxylic acid groups (broad SMARTS) is 1. The number of hydrogen-bond donors (Lipinski definition) is 4. The first kappa shape index (κ1) is 24.6. The first-order valence-corrected chi connectivity index (χ1v) is 14.0.